The molecular formula is C17H26ClNO2. The van der Waals surface area contributed by atoms with E-state index in [1.54, 1.807) is 24.3 Å². The summed E-state index contributed by atoms with van der Waals surface area (Å²) in [5.41, 5.74) is 0.695. The lowest BCUT2D eigenvalue weighted by atomic mass is 10.1. The Bertz CT molecular complexity index is 392. The van der Waals surface area contributed by atoms with Crippen LogP contribution >= 0.6 is 11.6 Å². The van der Waals surface area contributed by atoms with E-state index in [0.717, 1.165) is 12.8 Å². The molecule has 0 saturated heterocycles. The molecule has 0 bridgehead atoms. The maximum Gasteiger partial charge on any atom is 0.411 e. The monoisotopic (exact) mass is 311 g/mol. The van der Waals surface area contributed by atoms with Crippen molar-refractivity contribution in [3.63, 3.8) is 0 Å². The molecule has 0 atom stereocenters. The van der Waals surface area contributed by atoms with E-state index in [1.165, 1.54) is 38.5 Å². The minimum absolute atomic E-state index is 0.403. The van der Waals surface area contributed by atoms with Crippen LogP contribution in [-0.4, -0.2) is 12.7 Å². The number of carbonyl (C=O) groups is 1. The van der Waals surface area contributed by atoms with Crippen LogP contribution in [0.3, 0.4) is 0 Å². The summed E-state index contributed by atoms with van der Waals surface area (Å²) >= 11 is 5.78. The number of halogens is 1. The Hall–Kier alpha value is -1.22. The highest BCUT2D eigenvalue weighted by molar-refractivity contribution is 6.30. The minimum atomic E-state index is -0.403. The first-order valence-electron chi connectivity index (χ1n) is 7.91. The van der Waals surface area contributed by atoms with E-state index in [4.69, 9.17) is 16.3 Å². The van der Waals surface area contributed by atoms with Gasteiger partial charge in [-0.3, -0.25) is 5.32 Å². The van der Waals surface area contributed by atoms with Crippen LogP contribution in [0.25, 0.3) is 0 Å². The van der Waals surface area contributed by atoms with Crippen LogP contribution in [0, 0.1) is 0 Å². The first-order valence-corrected chi connectivity index (χ1v) is 8.29. The van der Waals surface area contributed by atoms with Gasteiger partial charge in [0, 0.05) is 10.7 Å². The van der Waals surface area contributed by atoms with E-state index in [9.17, 15) is 4.79 Å². The van der Waals surface area contributed by atoms with Crippen molar-refractivity contribution < 1.29 is 9.53 Å². The highest BCUT2D eigenvalue weighted by Gasteiger charge is 2.02. The topological polar surface area (TPSA) is 38.3 Å². The number of unbranched alkanes of at least 4 members (excludes halogenated alkanes) is 7. The van der Waals surface area contributed by atoms with Crippen molar-refractivity contribution in [3.8, 4) is 0 Å². The van der Waals surface area contributed by atoms with Crippen molar-refractivity contribution in [2.45, 2.75) is 58.3 Å². The lowest BCUT2D eigenvalue weighted by Gasteiger charge is -2.07. The molecule has 1 N–H and O–H groups in total. The first kappa shape index (κ1) is 17.8. The van der Waals surface area contributed by atoms with Crippen molar-refractivity contribution >= 4 is 23.4 Å². The molecule has 4 heteroatoms. The summed E-state index contributed by atoms with van der Waals surface area (Å²) in [5.74, 6) is 0. The number of hydrogen-bond donors (Lipinski definition) is 1. The minimum Gasteiger partial charge on any atom is -0.449 e. The van der Waals surface area contributed by atoms with Gasteiger partial charge in [0.1, 0.15) is 0 Å². The van der Waals surface area contributed by atoms with Gasteiger partial charge in [-0.05, 0) is 30.7 Å². The molecule has 0 radical (unpaired) electrons. The molecule has 1 aromatic rings. The smallest absolute Gasteiger partial charge is 0.411 e. The number of benzene rings is 1. The molecule has 0 heterocycles. The van der Waals surface area contributed by atoms with Gasteiger partial charge < -0.3 is 4.74 Å². The molecule has 21 heavy (non-hydrogen) atoms. The molecule has 0 unspecified atom stereocenters. The number of carbonyl (C=O) groups excluding carboxylic acids is 1. The van der Waals surface area contributed by atoms with Crippen LogP contribution in [0.4, 0.5) is 10.5 Å². The van der Waals surface area contributed by atoms with Gasteiger partial charge in [-0.15, -0.1) is 0 Å². The highest BCUT2D eigenvalue weighted by atomic mass is 35.5. The number of nitrogens with one attached hydrogen (secondary N) is 1. The van der Waals surface area contributed by atoms with Gasteiger partial charge in [-0.1, -0.05) is 63.5 Å². The Kier molecular flexibility index (Phi) is 9.71. The van der Waals surface area contributed by atoms with Gasteiger partial charge >= 0.3 is 6.09 Å². The summed E-state index contributed by atoms with van der Waals surface area (Å²) in [5, 5.41) is 3.32. The van der Waals surface area contributed by atoms with E-state index < -0.39 is 6.09 Å². The summed E-state index contributed by atoms with van der Waals surface area (Å²) in [6.45, 7) is 2.71. The summed E-state index contributed by atoms with van der Waals surface area (Å²) in [6, 6.07) is 6.96. The fraction of sp³-hybridized carbons (Fsp3) is 0.588. The van der Waals surface area contributed by atoms with Crippen molar-refractivity contribution in [1.29, 1.82) is 0 Å². The summed E-state index contributed by atoms with van der Waals surface area (Å²) in [6.07, 6.45) is 9.47. The molecule has 3 nitrogen and oxygen atoms in total. The quantitative estimate of drug-likeness (QED) is 0.536. The third kappa shape index (κ3) is 9.35. The van der Waals surface area contributed by atoms with E-state index in [-0.39, 0.29) is 0 Å². The van der Waals surface area contributed by atoms with Crippen molar-refractivity contribution in [3.05, 3.63) is 29.3 Å². The van der Waals surface area contributed by atoms with Gasteiger partial charge in [0.25, 0.3) is 0 Å². The summed E-state index contributed by atoms with van der Waals surface area (Å²) < 4.78 is 5.14. The molecule has 0 saturated carbocycles. The second-order valence-electron chi connectivity index (χ2n) is 5.24. The predicted octanol–water partition coefficient (Wildman–Crippen LogP) is 6.03. The van der Waals surface area contributed by atoms with E-state index >= 15 is 0 Å². The Balaban J connectivity index is 1.97. The number of rotatable bonds is 10. The van der Waals surface area contributed by atoms with Crippen LogP contribution in [-0.2, 0) is 4.74 Å². The third-order valence-corrected chi connectivity index (χ3v) is 3.57. The zero-order valence-electron chi connectivity index (χ0n) is 12.9. The Morgan fingerprint density at radius 3 is 2.19 bits per heavy atom. The van der Waals surface area contributed by atoms with Gasteiger partial charge in [0.15, 0.2) is 0 Å². The summed E-state index contributed by atoms with van der Waals surface area (Å²) in [7, 11) is 0. The van der Waals surface area contributed by atoms with Crippen LogP contribution in [0.5, 0.6) is 0 Å². The maximum atomic E-state index is 11.5. The molecule has 118 valence electrons. The van der Waals surface area contributed by atoms with Crippen LogP contribution in [0.2, 0.25) is 5.02 Å². The van der Waals surface area contributed by atoms with Crippen LogP contribution in [0.15, 0.2) is 24.3 Å². The molecule has 1 amide bonds. The zero-order valence-corrected chi connectivity index (χ0v) is 13.6. The third-order valence-electron chi connectivity index (χ3n) is 3.32. The molecule has 0 aliphatic rings. The maximum absolute atomic E-state index is 11.5. The second-order valence-corrected chi connectivity index (χ2v) is 5.68. The Labute approximate surface area is 133 Å². The molecule has 1 aromatic carbocycles. The number of hydrogen-bond acceptors (Lipinski definition) is 2. The Morgan fingerprint density at radius 1 is 1.00 bits per heavy atom. The molecule has 0 fully saturated rings. The molecular weight excluding hydrogens is 286 g/mol. The fourth-order valence-corrected chi connectivity index (χ4v) is 2.21. The van der Waals surface area contributed by atoms with Crippen molar-refractivity contribution in [2.24, 2.45) is 0 Å². The average Bonchev–Trinajstić information content (AvgIpc) is 2.48. The highest BCUT2D eigenvalue weighted by Crippen LogP contribution is 2.13. The van der Waals surface area contributed by atoms with E-state index in [0.29, 0.717) is 17.3 Å². The largest absolute Gasteiger partial charge is 0.449 e. The van der Waals surface area contributed by atoms with Crippen LogP contribution < -0.4 is 5.32 Å². The van der Waals surface area contributed by atoms with Crippen molar-refractivity contribution in [2.75, 3.05) is 11.9 Å². The van der Waals surface area contributed by atoms with Gasteiger partial charge in [-0.25, -0.2) is 4.79 Å². The Morgan fingerprint density at radius 2 is 1.57 bits per heavy atom. The SMILES string of the molecule is CCCCCCCCCCOC(=O)Nc1ccc(Cl)cc1. The second kappa shape index (κ2) is 11.4. The number of ether oxygens (including phenoxy) is 1. The first-order chi connectivity index (χ1) is 10.2. The van der Waals surface area contributed by atoms with Gasteiger partial charge in [-0.2, -0.15) is 0 Å². The van der Waals surface area contributed by atoms with Crippen molar-refractivity contribution in [1.82, 2.24) is 0 Å². The lowest BCUT2D eigenvalue weighted by molar-refractivity contribution is 0.159. The molecule has 0 aliphatic heterocycles. The number of amides is 1. The summed E-state index contributed by atoms with van der Waals surface area (Å²) in [4.78, 5) is 11.5. The fourth-order valence-electron chi connectivity index (χ4n) is 2.09. The zero-order chi connectivity index (χ0) is 15.3. The average molecular weight is 312 g/mol. The molecule has 0 spiro atoms. The lowest BCUT2D eigenvalue weighted by Crippen LogP contribution is -2.14. The predicted molar refractivity (Wildman–Crippen MR) is 89.0 cm³/mol. The van der Waals surface area contributed by atoms with E-state index in [1.807, 2.05) is 0 Å². The normalized spacial score (nSPS) is 10.4. The standard InChI is InChI=1S/C17H26ClNO2/c1-2-3-4-5-6-7-8-9-14-21-17(20)19-16-12-10-15(18)11-13-16/h10-13H,2-9,14H2,1H3,(H,19,20). The van der Waals surface area contributed by atoms with Gasteiger partial charge in [0.05, 0.1) is 6.61 Å². The number of anilines is 1. The molecule has 0 aromatic heterocycles. The molecule has 0 aliphatic carbocycles. The van der Waals surface area contributed by atoms with E-state index in [2.05, 4.69) is 12.2 Å². The molecule has 1 rings (SSSR count). The van der Waals surface area contributed by atoms with Crippen LogP contribution in [0.1, 0.15) is 58.3 Å². The van der Waals surface area contributed by atoms with Gasteiger partial charge in [0.2, 0.25) is 0 Å².